The maximum Gasteiger partial charge on any atom is 0.314 e. The zero-order valence-corrected chi connectivity index (χ0v) is 14.1. The summed E-state index contributed by atoms with van der Waals surface area (Å²) in [5.41, 5.74) is 0.796. The number of hydrogen-bond acceptors (Lipinski definition) is 3. The van der Waals surface area contributed by atoms with E-state index in [0.29, 0.717) is 35.8 Å². The minimum atomic E-state index is -0.868. The van der Waals surface area contributed by atoms with E-state index in [1.807, 2.05) is 6.92 Å². The van der Waals surface area contributed by atoms with Crippen LogP contribution >= 0.6 is 11.6 Å². The van der Waals surface area contributed by atoms with Gasteiger partial charge in [0.2, 0.25) is 0 Å². The molecule has 2 rings (SSSR count). The van der Waals surface area contributed by atoms with Gasteiger partial charge in [0.15, 0.2) is 11.5 Å². The number of methoxy groups -OCH3 is 2. The topological polar surface area (TPSA) is 55.8 Å². The highest BCUT2D eigenvalue weighted by molar-refractivity contribution is 6.32. The summed E-state index contributed by atoms with van der Waals surface area (Å²) in [4.78, 5) is 12.1. The Hall–Kier alpha value is -1.42. The predicted octanol–water partition coefficient (Wildman–Crippen LogP) is 4.21. The molecule has 1 aliphatic rings. The maximum atomic E-state index is 12.1. The first kappa shape index (κ1) is 16.9. The molecule has 1 saturated carbocycles. The fourth-order valence-electron chi connectivity index (χ4n) is 3.59. The first-order valence-corrected chi connectivity index (χ1v) is 8.06. The first-order valence-electron chi connectivity index (χ1n) is 7.69. The highest BCUT2D eigenvalue weighted by Crippen LogP contribution is 2.48. The van der Waals surface area contributed by atoms with Gasteiger partial charge in [-0.1, -0.05) is 37.8 Å². The van der Waals surface area contributed by atoms with Crippen molar-refractivity contribution in [2.45, 2.75) is 50.9 Å². The number of carbonyl (C=O) groups is 1. The summed E-state index contributed by atoms with van der Waals surface area (Å²) in [6, 6.07) is 1.77. The van der Waals surface area contributed by atoms with Crippen LogP contribution in [-0.2, 0) is 16.6 Å². The van der Waals surface area contributed by atoms with Crippen molar-refractivity contribution >= 4 is 17.6 Å². The van der Waals surface area contributed by atoms with Crippen molar-refractivity contribution in [1.29, 1.82) is 0 Å². The molecule has 0 bridgehead atoms. The molecule has 0 unspecified atom stereocenters. The summed E-state index contributed by atoms with van der Waals surface area (Å²) in [5, 5.41) is 10.3. The molecular formula is C17H23ClO4. The van der Waals surface area contributed by atoms with E-state index in [9.17, 15) is 9.90 Å². The van der Waals surface area contributed by atoms with Crippen LogP contribution in [0.25, 0.3) is 0 Å². The standard InChI is InChI=1S/C17H23ClO4/c1-4-11-12(10-13(18)15(22-3)14(11)21-2)17(16(19)20)8-6-5-7-9-17/h10H,4-9H2,1-3H3,(H,19,20). The number of carboxylic acid groups (broad SMARTS) is 1. The lowest BCUT2D eigenvalue weighted by Crippen LogP contribution is -2.38. The molecule has 1 aliphatic carbocycles. The first-order chi connectivity index (χ1) is 10.5. The van der Waals surface area contributed by atoms with E-state index in [0.717, 1.165) is 30.4 Å². The van der Waals surface area contributed by atoms with Gasteiger partial charge in [-0.25, -0.2) is 0 Å². The van der Waals surface area contributed by atoms with Crippen molar-refractivity contribution in [3.8, 4) is 11.5 Å². The zero-order chi connectivity index (χ0) is 16.3. The number of halogens is 1. The molecule has 0 atom stereocenters. The number of ether oxygens (including phenoxy) is 2. The van der Waals surface area contributed by atoms with Crippen molar-refractivity contribution < 1.29 is 19.4 Å². The van der Waals surface area contributed by atoms with Crippen LogP contribution in [0.1, 0.15) is 50.2 Å². The summed E-state index contributed by atoms with van der Waals surface area (Å²) in [7, 11) is 3.10. The summed E-state index contributed by atoms with van der Waals surface area (Å²) < 4.78 is 10.8. The van der Waals surface area contributed by atoms with Gasteiger partial charge in [0.25, 0.3) is 0 Å². The van der Waals surface area contributed by atoms with Crippen LogP contribution in [0.5, 0.6) is 11.5 Å². The second kappa shape index (κ2) is 6.78. The highest BCUT2D eigenvalue weighted by atomic mass is 35.5. The summed E-state index contributed by atoms with van der Waals surface area (Å²) in [6.07, 6.45) is 4.86. The number of carboxylic acids is 1. The second-order valence-corrected chi connectivity index (χ2v) is 6.16. The van der Waals surface area contributed by atoms with E-state index >= 15 is 0 Å². The second-order valence-electron chi connectivity index (χ2n) is 5.75. The Bertz CT molecular complexity index is 562. The van der Waals surface area contributed by atoms with Crippen LogP contribution < -0.4 is 9.47 Å². The van der Waals surface area contributed by atoms with Crippen LogP contribution in [0.3, 0.4) is 0 Å². The van der Waals surface area contributed by atoms with Gasteiger partial charge in [-0.2, -0.15) is 0 Å². The quantitative estimate of drug-likeness (QED) is 0.880. The van der Waals surface area contributed by atoms with E-state index in [4.69, 9.17) is 21.1 Å². The summed E-state index contributed by atoms with van der Waals surface area (Å²) >= 11 is 6.33. The predicted molar refractivity (Wildman–Crippen MR) is 86.3 cm³/mol. The van der Waals surface area contributed by atoms with Gasteiger partial charge in [0.1, 0.15) is 0 Å². The van der Waals surface area contributed by atoms with E-state index in [1.54, 1.807) is 13.2 Å². The Balaban J connectivity index is 2.72. The van der Waals surface area contributed by atoms with E-state index in [1.165, 1.54) is 7.11 Å². The third kappa shape index (κ3) is 2.65. The molecule has 0 amide bonds. The van der Waals surface area contributed by atoms with E-state index in [2.05, 4.69) is 0 Å². The van der Waals surface area contributed by atoms with Gasteiger partial charge in [0, 0.05) is 5.56 Å². The normalized spacial score (nSPS) is 17.1. The zero-order valence-electron chi connectivity index (χ0n) is 13.4. The Morgan fingerprint density at radius 3 is 2.27 bits per heavy atom. The molecule has 4 nitrogen and oxygen atoms in total. The van der Waals surface area contributed by atoms with Crippen LogP contribution in [0.15, 0.2) is 6.07 Å². The molecular weight excluding hydrogens is 304 g/mol. The van der Waals surface area contributed by atoms with Crippen molar-refractivity contribution in [2.24, 2.45) is 0 Å². The van der Waals surface area contributed by atoms with Gasteiger partial charge >= 0.3 is 5.97 Å². The molecule has 0 spiro atoms. The SMILES string of the molecule is CCc1c(C2(C(=O)O)CCCCC2)cc(Cl)c(OC)c1OC. The van der Waals surface area contributed by atoms with Gasteiger partial charge in [-0.05, 0) is 30.9 Å². The average Bonchev–Trinajstić information content (AvgIpc) is 2.54. The molecule has 1 aromatic rings. The average molecular weight is 327 g/mol. The molecule has 0 aromatic heterocycles. The Morgan fingerprint density at radius 1 is 1.23 bits per heavy atom. The molecule has 122 valence electrons. The summed E-state index contributed by atoms with van der Waals surface area (Å²) in [5.74, 6) is 0.255. The monoisotopic (exact) mass is 326 g/mol. The van der Waals surface area contributed by atoms with Gasteiger partial charge < -0.3 is 14.6 Å². The molecule has 0 heterocycles. The fraction of sp³-hybridized carbons (Fsp3) is 0.588. The largest absolute Gasteiger partial charge is 0.493 e. The lowest BCUT2D eigenvalue weighted by Gasteiger charge is -2.36. The summed E-state index contributed by atoms with van der Waals surface area (Å²) in [6.45, 7) is 1.99. The maximum absolute atomic E-state index is 12.1. The highest BCUT2D eigenvalue weighted by Gasteiger charge is 2.43. The van der Waals surface area contributed by atoms with Crippen LogP contribution in [0.2, 0.25) is 5.02 Å². The minimum absolute atomic E-state index is 0.401. The molecule has 1 aromatic carbocycles. The molecule has 0 aliphatic heterocycles. The van der Waals surface area contributed by atoms with Crippen molar-refractivity contribution in [3.63, 3.8) is 0 Å². The minimum Gasteiger partial charge on any atom is -0.493 e. The number of aliphatic carboxylic acids is 1. The fourth-order valence-corrected chi connectivity index (χ4v) is 3.86. The molecule has 5 heteroatoms. The van der Waals surface area contributed by atoms with Gasteiger partial charge in [-0.3, -0.25) is 4.79 Å². The molecule has 1 N–H and O–H groups in total. The number of rotatable bonds is 5. The van der Waals surface area contributed by atoms with Gasteiger partial charge in [0.05, 0.1) is 24.7 Å². The lowest BCUT2D eigenvalue weighted by atomic mass is 9.67. The smallest absolute Gasteiger partial charge is 0.314 e. The Morgan fingerprint density at radius 2 is 1.82 bits per heavy atom. The van der Waals surface area contributed by atoms with Crippen molar-refractivity contribution in [1.82, 2.24) is 0 Å². The van der Waals surface area contributed by atoms with Gasteiger partial charge in [-0.15, -0.1) is 0 Å². The molecule has 1 fully saturated rings. The lowest BCUT2D eigenvalue weighted by molar-refractivity contribution is -0.145. The Labute approximate surface area is 136 Å². The Kier molecular flexibility index (Phi) is 5.22. The van der Waals surface area contributed by atoms with Crippen LogP contribution in [-0.4, -0.2) is 25.3 Å². The van der Waals surface area contributed by atoms with Crippen molar-refractivity contribution in [2.75, 3.05) is 14.2 Å². The number of hydrogen-bond donors (Lipinski definition) is 1. The van der Waals surface area contributed by atoms with Crippen LogP contribution in [0.4, 0.5) is 0 Å². The van der Waals surface area contributed by atoms with Crippen LogP contribution in [0, 0.1) is 0 Å². The third-order valence-corrected chi connectivity index (χ3v) is 4.97. The third-order valence-electron chi connectivity index (χ3n) is 4.69. The van der Waals surface area contributed by atoms with E-state index in [-0.39, 0.29) is 0 Å². The molecule has 0 radical (unpaired) electrons. The molecule has 22 heavy (non-hydrogen) atoms. The van der Waals surface area contributed by atoms with Crippen molar-refractivity contribution in [3.05, 3.63) is 22.2 Å². The van der Waals surface area contributed by atoms with E-state index < -0.39 is 11.4 Å². The number of benzene rings is 1. The molecule has 0 saturated heterocycles.